The number of ketones is 1. The summed E-state index contributed by atoms with van der Waals surface area (Å²) in [5.74, 6) is 1.83. The van der Waals surface area contributed by atoms with Gasteiger partial charge in [-0.15, -0.1) is 0 Å². The Hall–Kier alpha value is -2.29. The minimum absolute atomic E-state index is 0.0509. The fourth-order valence-electron chi connectivity index (χ4n) is 3.67. The average molecular weight is 322 g/mol. The van der Waals surface area contributed by atoms with Crippen molar-refractivity contribution in [2.75, 3.05) is 0 Å². The third kappa shape index (κ3) is 2.58. The maximum atomic E-state index is 12.9. The van der Waals surface area contributed by atoms with Crippen LogP contribution in [-0.4, -0.2) is 17.0 Å². The van der Waals surface area contributed by atoms with Crippen molar-refractivity contribution in [1.29, 1.82) is 0 Å². The molecule has 0 N–H and O–H groups in total. The molecule has 0 atom stereocenters. The minimum atomic E-state index is -0.194. The zero-order chi connectivity index (χ0) is 17.1. The topological polar surface area (TPSA) is 35.5 Å². The van der Waals surface area contributed by atoms with Crippen molar-refractivity contribution in [2.24, 2.45) is 0 Å². The van der Waals surface area contributed by atoms with E-state index in [1.54, 1.807) is 0 Å². The highest BCUT2D eigenvalue weighted by Gasteiger charge is 2.32. The molecule has 2 aromatic carbocycles. The maximum Gasteiger partial charge on any atom is 0.193 e. The Morgan fingerprint density at radius 2 is 1.21 bits per heavy atom. The van der Waals surface area contributed by atoms with Crippen LogP contribution in [0.15, 0.2) is 36.4 Å². The molecule has 0 saturated carbocycles. The van der Waals surface area contributed by atoms with E-state index in [-0.39, 0.29) is 17.0 Å². The fraction of sp³-hybridized carbons (Fsp3) is 0.381. The smallest absolute Gasteiger partial charge is 0.193 e. The van der Waals surface area contributed by atoms with Crippen molar-refractivity contribution in [3.63, 3.8) is 0 Å². The monoisotopic (exact) mass is 322 g/mol. The van der Waals surface area contributed by atoms with Crippen LogP contribution in [0.25, 0.3) is 0 Å². The molecule has 0 unspecified atom stereocenters. The Labute approximate surface area is 142 Å². The molecule has 0 radical (unpaired) electrons. The van der Waals surface area contributed by atoms with Crippen molar-refractivity contribution in [3.8, 4) is 11.5 Å². The van der Waals surface area contributed by atoms with E-state index in [1.165, 1.54) is 0 Å². The summed E-state index contributed by atoms with van der Waals surface area (Å²) in [4.78, 5) is 12.9. The highest BCUT2D eigenvalue weighted by molar-refractivity contribution is 6.09. The molecular formula is C21H22O3. The van der Waals surface area contributed by atoms with Crippen LogP contribution < -0.4 is 9.47 Å². The summed E-state index contributed by atoms with van der Waals surface area (Å²) in [6, 6.07) is 11.5. The van der Waals surface area contributed by atoms with E-state index in [1.807, 2.05) is 36.4 Å². The highest BCUT2D eigenvalue weighted by Crippen LogP contribution is 2.37. The Morgan fingerprint density at radius 1 is 0.792 bits per heavy atom. The van der Waals surface area contributed by atoms with Gasteiger partial charge in [-0.1, -0.05) is 0 Å². The molecule has 0 aliphatic carbocycles. The Balaban J connectivity index is 1.64. The van der Waals surface area contributed by atoms with E-state index >= 15 is 0 Å². The second kappa shape index (κ2) is 4.85. The Bertz CT molecular complexity index is 777. The molecule has 124 valence electrons. The van der Waals surface area contributed by atoms with Crippen LogP contribution in [0.1, 0.15) is 54.7 Å². The number of ether oxygens (including phenoxy) is 2. The first kappa shape index (κ1) is 15.3. The molecule has 2 aliphatic heterocycles. The second-order valence-electron chi connectivity index (χ2n) is 8.05. The molecule has 0 amide bonds. The van der Waals surface area contributed by atoms with Crippen molar-refractivity contribution >= 4 is 5.78 Å². The van der Waals surface area contributed by atoms with Crippen LogP contribution in [-0.2, 0) is 12.8 Å². The molecule has 4 rings (SSSR count). The number of carbonyl (C=O) groups is 1. The van der Waals surface area contributed by atoms with Crippen LogP contribution in [0.4, 0.5) is 0 Å². The third-order valence-electron chi connectivity index (χ3n) is 4.65. The van der Waals surface area contributed by atoms with Crippen LogP contribution in [0.5, 0.6) is 11.5 Å². The molecule has 0 fully saturated rings. The quantitative estimate of drug-likeness (QED) is 0.771. The summed E-state index contributed by atoms with van der Waals surface area (Å²) < 4.78 is 11.8. The van der Waals surface area contributed by atoms with E-state index in [9.17, 15) is 4.79 Å². The van der Waals surface area contributed by atoms with Crippen molar-refractivity contribution in [3.05, 3.63) is 58.7 Å². The molecule has 0 saturated heterocycles. The number of carbonyl (C=O) groups excluding carboxylic acids is 1. The summed E-state index contributed by atoms with van der Waals surface area (Å²) in [6.45, 7) is 8.26. The maximum absolute atomic E-state index is 12.9. The average Bonchev–Trinajstić information content (AvgIpc) is 2.96. The van der Waals surface area contributed by atoms with Gasteiger partial charge in [-0.3, -0.25) is 4.79 Å². The SMILES string of the molecule is CC1(C)Cc2cc(C(=O)c3ccc4c(c3)CC(C)(C)O4)ccc2O1. The first-order valence-electron chi connectivity index (χ1n) is 8.41. The number of rotatable bonds is 2. The summed E-state index contributed by atoms with van der Waals surface area (Å²) >= 11 is 0. The summed E-state index contributed by atoms with van der Waals surface area (Å²) in [7, 11) is 0. The second-order valence-corrected chi connectivity index (χ2v) is 8.05. The van der Waals surface area contributed by atoms with Gasteiger partial charge < -0.3 is 9.47 Å². The first-order valence-corrected chi connectivity index (χ1v) is 8.41. The zero-order valence-electron chi connectivity index (χ0n) is 14.6. The molecule has 0 bridgehead atoms. The lowest BCUT2D eigenvalue weighted by Crippen LogP contribution is -2.24. The van der Waals surface area contributed by atoms with Crippen LogP contribution in [0.3, 0.4) is 0 Å². The summed E-state index contributed by atoms with van der Waals surface area (Å²) in [6.07, 6.45) is 1.66. The molecule has 2 aromatic rings. The van der Waals surface area contributed by atoms with Crippen LogP contribution in [0.2, 0.25) is 0 Å². The van der Waals surface area contributed by atoms with Gasteiger partial charge in [0.25, 0.3) is 0 Å². The van der Waals surface area contributed by atoms with Gasteiger partial charge in [0.1, 0.15) is 22.7 Å². The van der Waals surface area contributed by atoms with E-state index in [0.717, 1.165) is 35.5 Å². The zero-order valence-corrected chi connectivity index (χ0v) is 14.6. The lowest BCUT2D eigenvalue weighted by atomic mass is 9.95. The number of benzene rings is 2. The van der Waals surface area contributed by atoms with Gasteiger partial charge in [-0.2, -0.15) is 0 Å². The van der Waals surface area contributed by atoms with Crippen molar-refractivity contribution in [2.45, 2.75) is 51.7 Å². The van der Waals surface area contributed by atoms with Gasteiger partial charge >= 0.3 is 0 Å². The largest absolute Gasteiger partial charge is 0.487 e. The lowest BCUT2D eigenvalue weighted by molar-refractivity contribution is 0.103. The fourth-order valence-corrected chi connectivity index (χ4v) is 3.67. The highest BCUT2D eigenvalue weighted by atomic mass is 16.5. The van der Waals surface area contributed by atoms with Gasteiger partial charge in [0.2, 0.25) is 0 Å². The van der Waals surface area contributed by atoms with E-state index in [0.29, 0.717) is 11.1 Å². The standard InChI is InChI=1S/C21H22O3/c1-20(2)11-15-9-13(5-7-17(15)23-20)19(22)14-6-8-18-16(10-14)12-21(3,4)24-18/h5-10H,11-12H2,1-4H3. The predicted molar refractivity (Wildman–Crippen MR) is 93.1 cm³/mol. The third-order valence-corrected chi connectivity index (χ3v) is 4.65. The minimum Gasteiger partial charge on any atom is -0.487 e. The molecule has 0 aromatic heterocycles. The van der Waals surface area contributed by atoms with Gasteiger partial charge in [-0.25, -0.2) is 0 Å². The van der Waals surface area contributed by atoms with Crippen molar-refractivity contribution in [1.82, 2.24) is 0 Å². The van der Waals surface area contributed by atoms with Gasteiger partial charge in [-0.05, 0) is 75.2 Å². The van der Waals surface area contributed by atoms with E-state index in [2.05, 4.69) is 27.7 Å². The molecule has 3 heteroatoms. The van der Waals surface area contributed by atoms with Gasteiger partial charge in [0.15, 0.2) is 5.78 Å². The summed E-state index contributed by atoms with van der Waals surface area (Å²) in [5.41, 5.74) is 3.26. The van der Waals surface area contributed by atoms with E-state index in [4.69, 9.17) is 9.47 Å². The normalized spacial score (nSPS) is 19.2. The number of hydrogen-bond donors (Lipinski definition) is 0. The lowest BCUT2D eigenvalue weighted by Gasteiger charge is -2.16. The summed E-state index contributed by atoms with van der Waals surface area (Å²) in [5, 5.41) is 0. The van der Waals surface area contributed by atoms with Gasteiger partial charge in [0.05, 0.1) is 0 Å². The molecule has 2 aliphatic rings. The molecule has 24 heavy (non-hydrogen) atoms. The number of hydrogen-bond acceptors (Lipinski definition) is 3. The predicted octanol–water partition coefficient (Wildman–Crippen LogP) is 4.34. The van der Waals surface area contributed by atoms with Crippen LogP contribution in [0, 0.1) is 0 Å². The van der Waals surface area contributed by atoms with Crippen LogP contribution >= 0.6 is 0 Å². The number of fused-ring (bicyclic) bond motifs is 2. The Kier molecular flexibility index (Phi) is 3.08. The van der Waals surface area contributed by atoms with Gasteiger partial charge in [0, 0.05) is 24.0 Å². The molecule has 2 heterocycles. The Morgan fingerprint density at radius 3 is 1.62 bits per heavy atom. The van der Waals surface area contributed by atoms with E-state index < -0.39 is 0 Å². The molecule has 3 nitrogen and oxygen atoms in total. The molecular weight excluding hydrogens is 300 g/mol. The van der Waals surface area contributed by atoms with Crippen molar-refractivity contribution < 1.29 is 14.3 Å². The molecule has 0 spiro atoms. The first-order chi connectivity index (χ1) is 11.2.